The molecular weight excluding hydrogens is 318 g/mol. The first-order chi connectivity index (χ1) is 11.5. The van der Waals surface area contributed by atoms with Crippen molar-refractivity contribution in [3.8, 4) is 11.5 Å². The Kier molecular flexibility index (Phi) is 5.95. The van der Waals surface area contributed by atoms with Crippen LogP contribution in [-0.4, -0.2) is 26.7 Å². The fraction of sp³-hybridized carbons (Fsp3) is 0.235. The standard InChI is InChI=1S/C17H18F2N2O3/c1-23-14-7-6-11(8-15(14)24-2)9-20-16(22)10-21-17-12(18)4-3-5-13(17)19/h3-8,21H,9-10H2,1-2H3,(H,20,22). The number of para-hydroxylation sites is 1. The van der Waals surface area contributed by atoms with Gasteiger partial charge in [0.2, 0.25) is 5.91 Å². The first-order valence-electron chi connectivity index (χ1n) is 7.20. The van der Waals surface area contributed by atoms with Crippen LogP contribution >= 0.6 is 0 Å². The van der Waals surface area contributed by atoms with Crippen LogP contribution in [-0.2, 0) is 11.3 Å². The number of rotatable bonds is 7. The minimum Gasteiger partial charge on any atom is -0.493 e. The zero-order valence-corrected chi connectivity index (χ0v) is 13.4. The Morgan fingerprint density at radius 3 is 2.33 bits per heavy atom. The van der Waals surface area contributed by atoms with Crippen molar-refractivity contribution in [3.05, 3.63) is 53.6 Å². The van der Waals surface area contributed by atoms with E-state index in [0.29, 0.717) is 11.5 Å². The van der Waals surface area contributed by atoms with Crippen molar-refractivity contribution in [1.29, 1.82) is 0 Å². The predicted molar refractivity (Wildman–Crippen MR) is 86.2 cm³/mol. The molecule has 2 N–H and O–H groups in total. The monoisotopic (exact) mass is 336 g/mol. The van der Waals surface area contributed by atoms with Crippen LogP contribution in [0.5, 0.6) is 11.5 Å². The van der Waals surface area contributed by atoms with Crippen LogP contribution in [0.3, 0.4) is 0 Å². The van der Waals surface area contributed by atoms with Crippen LogP contribution in [0.1, 0.15) is 5.56 Å². The zero-order chi connectivity index (χ0) is 17.5. The van der Waals surface area contributed by atoms with Crippen molar-refractivity contribution in [1.82, 2.24) is 5.32 Å². The first kappa shape index (κ1) is 17.5. The molecule has 5 nitrogen and oxygen atoms in total. The maximum atomic E-state index is 13.4. The molecule has 0 aliphatic rings. The average Bonchev–Trinajstić information content (AvgIpc) is 2.59. The molecule has 128 valence electrons. The molecule has 2 rings (SSSR count). The molecule has 0 spiro atoms. The number of amides is 1. The second kappa shape index (κ2) is 8.14. The number of halogens is 2. The van der Waals surface area contributed by atoms with Gasteiger partial charge in [-0.3, -0.25) is 4.79 Å². The minimum atomic E-state index is -0.748. The molecule has 0 saturated carbocycles. The summed E-state index contributed by atoms with van der Waals surface area (Å²) in [6, 6.07) is 8.74. The van der Waals surface area contributed by atoms with Gasteiger partial charge in [0, 0.05) is 6.54 Å². The fourth-order valence-electron chi connectivity index (χ4n) is 2.09. The zero-order valence-electron chi connectivity index (χ0n) is 13.4. The predicted octanol–water partition coefficient (Wildman–Crippen LogP) is 2.71. The highest BCUT2D eigenvalue weighted by atomic mass is 19.1. The Hall–Kier alpha value is -2.83. The molecule has 0 aromatic heterocycles. The number of anilines is 1. The number of carbonyl (C=O) groups is 1. The van der Waals surface area contributed by atoms with Gasteiger partial charge in [0.15, 0.2) is 11.5 Å². The molecule has 0 radical (unpaired) electrons. The fourth-order valence-corrected chi connectivity index (χ4v) is 2.09. The molecule has 0 aliphatic heterocycles. The largest absolute Gasteiger partial charge is 0.493 e. The van der Waals surface area contributed by atoms with E-state index in [1.165, 1.54) is 20.3 Å². The van der Waals surface area contributed by atoms with Gasteiger partial charge >= 0.3 is 0 Å². The summed E-state index contributed by atoms with van der Waals surface area (Å²) in [4.78, 5) is 11.8. The number of ether oxygens (including phenoxy) is 2. The van der Waals surface area contributed by atoms with Crippen LogP contribution in [0.2, 0.25) is 0 Å². The molecule has 0 atom stereocenters. The Labute approximate surface area is 138 Å². The quantitative estimate of drug-likeness (QED) is 0.816. The van der Waals surface area contributed by atoms with Crippen molar-refractivity contribution in [2.24, 2.45) is 0 Å². The van der Waals surface area contributed by atoms with Crippen LogP contribution in [0.4, 0.5) is 14.5 Å². The summed E-state index contributed by atoms with van der Waals surface area (Å²) in [5.41, 5.74) is 0.483. The van der Waals surface area contributed by atoms with Crippen LogP contribution < -0.4 is 20.1 Å². The van der Waals surface area contributed by atoms with E-state index in [1.807, 2.05) is 0 Å². The molecule has 7 heteroatoms. The Morgan fingerprint density at radius 1 is 1.04 bits per heavy atom. The van der Waals surface area contributed by atoms with E-state index in [1.54, 1.807) is 18.2 Å². The summed E-state index contributed by atoms with van der Waals surface area (Å²) in [6.45, 7) is 0.00572. The third-order valence-electron chi connectivity index (χ3n) is 3.33. The lowest BCUT2D eigenvalue weighted by Gasteiger charge is -2.11. The maximum Gasteiger partial charge on any atom is 0.239 e. The lowest BCUT2D eigenvalue weighted by Crippen LogP contribution is -2.29. The lowest BCUT2D eigenvalue weighted by atomic mass is 10.2. The molecule has 0 aliphatic carbocycles. The van der Waals surface area contributed by atoms with E-state index >= 15 is 0 Å². The van der Waals surface area contributed by atoms with Gasteiger partial charge in [0.1, 0.15) is 17.3 Å². The summed E-state index contributed by atoms with van der Waals surface area (Å²) in [6.07, 6.45) is 0. The highest BCUT2D eigenvalue weighted by Gasteiger charge is 2.10. The SMILES string of the molecule is COc1ccc(CNC(=O)CNc2c(F)cccc2F)cc1OC. The van der Waals surface area contributed by atoms with Crippen molar-refractivity contribution in [2.75, 3.05) is 26.1 Å². The Bertz CT molecular complexity index is 703. The van der Waals surface area contributed by atoms with Gasteiger partial charge in [-0.25, -0.2) is 8.78 Å². The third-order valence-corrected chi connectivity index (χ3v) is 3.33. The first-order valence-corrected chi connectivity index (χ1v) is 7.20. The minimum absolute atomic E-state index is 0.245. The van der Waals surface area contributed by atoms with Gasteiger partial charge in [-0.15, -0.1) is 0 Å². The van der Waals surface area contributed by atoms with Crippen LogP contribution in [0.25, 0.3) is 0 Å². The molecule has 0 saturated heterocycles. The van der Waals surface area contributed by atoms with E-state index in [2.05, 4.69) is 10.6 Å². The number of benzene rings is 2. The molecule has 2 aromatic carbocycles. The number of methoxy groups -OCH3 is 2. The van der Waals surface area contributed by atoms with E-state index in [-0.39, 0.29) is 18.8 Å². The van der Waals surface area contributed by atoms with Crippen molar-refractivity contribution >= 4 is 11.6 Å². The van der Waals surface area contributed by atoms with Gasteiger partial charge in [-0.2, -0.15) is 0 Å². The van der Waals surface area contributed by atoms with Gasteiger partial charge in [-0.1, -0.05) is 12.1 Å². The van der Waals surface area contributed by atoms with Gasteiger partial charge in [0.25, 0.3) is 0 Å². The molecule has 24 heavy (non-hydrogen) atoms. The van der Waals surface area contributed by atoms with Crippen molar-refractivity contribution in [3.63, 3.8) is 0 Å². The van der Waals surface area contributed by atoms with Gasteiger partial charge in [0.05, 0.1) is 20.8 Å². The number of nitrogens with one attached hydrogen (secondary N) is 2. The summed E-state index contributed by atoms with van der Waals surface area (Å²) >= 11 is 0. The summed E-state index contributed by atoms with van der Waals surface area (Å²) in [7, 11) is 3.06. The molecule has 0 fully saturated rings. The number of hydrogen-bond acceptors (Lipinski definition) is 4. The number of carbonyl (C=O) groups excluding carboxylic acids is 1. The van der Waals surface area contributed by atoms with Crippen LogP contribution in [0, 0.1) is 11.6 Å². The van der Waals surface area contributed by atoms with Gasteiger partial charge < -0.3 is 20.1 Å². The summed E-state index contributed by atoms with van der Waals surface area (Å²) in [5, 5.41) is 5.11. The maximum absolute atomic E-state index is 13.4. The van der Waals surface area contributed by atoms with Gasteiger partial charge in [-0.05, 0) is 29.8 Å². The average molecular weight is 336 g/mol. The molecule has 2 aromatic rings. The second-order valence-corrected chi connectivity index (χ2v) is 4.92. The summed E-state index contributed by atoms with van der Waals surface area (Å²) in [5.74, 6) is -0.752. The molecule has 0 bridgehead atoms. The van der Waals surface area contributed by atoms with Crippen LogP contribution in [0.15, 0.2) is 36.4 Å². The lowest BCUT2D eigenvalue weighted by molar-refractivity contribution is -0.119. The normalized spacial score (nSPS) is 10.2. The van der Waals surface area contributed by atoms with E-state index < -0.39 is 17.5 Å². The Balaban J connectivity index is 1.89. The highest BCUT2D eigenvalue weighted by Crippen LogP contribution is 2.27. The van der Waals surface area contributed by atoms with Crippen molar-refractivity contribution < 1.29 is 23.0 Å². The van der Waals surface area contributed by atoms with E-state index in [4.69, 9.17) is 9.47 Å². The van der Waals surface area contributed by atoms with E-state index in [0.717, 1.165) is 17.7 Å². The molecular formula is C17H18F2N2O3. The topological polar surface area (TPSA) is 59.6 Å². The van der Waals surface area contributed by atoms with Crippen molar-refractivity contribution in [2.45, 2.75) is 6.54 Å². The molecule has 1 amide bonds. The molecule has 0 heterocycles. The van der Waals surface area contributed by atoms with E-state index in [9.17, 15) is 13.6 Å². The summed E-state index contributed by atoms with van der Waals surface area (Å²) < 4.78 is 37.2. The number of hydrogen-bond donors (Lipinski definition) is 2. The highest BCUT2D eigenvalue weighted by molar-refractivity contribution is 5.80. The molecule has 0 unspecified atom stereocenters. The smallest absolute Gasteiger partial charge is 0.239 e. The Morgan fingerprint density at radius 2 is 1.71 bits per heavy atom. The third kappa shape index (κ3) is 4.34. The second-order valence-electron chi connectivity index (χ2n) is 4.92.